The molecule has 1 unspecified atom stereocenters. The Morgan fingerprint density at radius 3 is 2.38 bits per heavy atom. The zero-order valence-electron chi connectivity index (χ0n) is 8.41. The number of sulfonamides is 1. The minimum absolute atomic E-state index is 0.145. The predicted octanol–water partition coefficient (Wildman–Crippen LogP) is 0.301. The minimum atomic E-state index is -3.03. The molecule has 80 valence electrons. The number of rotatable bonds is 7. The van der Waals surface area contributed by atoms with Crippen LogP contribution in [-0.2, 0) is 10.0 Å². The molecule has 0 radical (unpaired) electrons. The average Bonchev–Trinajstić information content (AvgIpc) is 2.12. The quantitative estimate of drug-likeness (QED) is 0.632. The summed E-state index contributed by atoms with van der Waals surface area (Å²) in [4.78, 5) is 0. The van der Waals surface area contributed by atoms with Gasteiger partial charge in [0.1, 0.15) is 0 Å². The highest BCUT2D eigenvalue weighted by atomic mass is 32.2. The van der Waals surface area contributed by atoms with Crippen molar-refractivity contribution >= 4 is 10.0 Å². The van der Waals surface area contributed by atoms with Crippen molar-refractivity contribution in [2.75, 3.05) is 18.8 Å². The topological polar surface area (TPSA) is 72.2 Å². The van der Waals surface area contributed by atoms with E-state index >= 15 is 0 Å². The van der Waals surface area contributed by atoms with Crippen LogP contribution in [-0.4, -0.2) is 27.3 Å². The van der Waals surface area contributed by atoms with E-state index in [1.165, 1.54) is 0 Å². The van der Waals surface area contributed by atoms with E-state index < -0.39 is 10.0 Å². The Hall–Kier alpha value is -0.130. The van der Waals surface area contributed by atoms with Crippen molar-refractivity contribution in [1.29, 1.82) is 0 Å². The van der Waals surface area contributed by atoms with Crippen LogP contribution in [0, 0.1) is 5.92 Å². The average molecular weight is 208 g/mol. The fourth-order valence-corrected chi connectivity index (χ4v) is 1.73. The highest BCUT2D eigenvalue weighted by Crippen LogP contribution is 2.05. The van der Waals surface area contributed by atoms with Gasteiger partial charge in [0.25, 0.3) is 0 Å². The lowest BCUT2D eigenvalue weighted by molar-refractivity contribution is 0.466. The lowest BCUT2D eigenvalue weighted by atomic mass is 10.0. The second-order valence-corrected chi connectivity index (χ2v) is 5.20. The van der Waals surface area contributed by atoms with Crippen molar-refractivity contribution in [2.45, 2.75) is 26.7 Å². The van der Waals surface area contributed by atoms with Gasteiger partial charge in [0.15, 0.2) is 0 Å². The predicted molar refractivity (Wildman–Crippen MR) is 54.9 cm³/mol. The van der Waals surface area contributed by atoms with Gasteiger partial charge in [0.05, 0.1) is 5.75 Å². The Morgan fingerprint density at radius 1 is 1.38 bits per heavy atom. The fourth-order valence-electron chi connectivity index (χ4n) is 1.03. The van der Waals surface area contributed by atoms with Gasteiger partial charge in [-0.3, -0.25) is 0 Å². The Morgan fingerprint density at radius 2 is 2.00 bits per heavy atom. The largest absolute Gasteiger partial charge is 0.330 e. The first kappa shape index (κ1) is 12.9. The molecule has 0 aliphatic carbocycles. The molecular formula is C8H20N2O2S. The number of hydrogen-bond acceptors (Lipinski definition) is 3. The fraction of sp³-hybridized carbons (Fsp3) is 1.00. The highest BCUT2D eigenvalue weighted by molar-refractivity contribution is 7.89. The molecule has 0 amide bonds. The van der Waals surface area contributed by atoms with Gasteiger partial charge in [-0.15, -0.1) is 0 Å². The molecule has 0 aliphatic rings. The Kier molecular flexibility index (Phi) is 6.28. The molecule has 5 heteroatoms. The first-order valence-corrected chi connectivity index (χ1v) is 6.38. The molecule has 0 aromatic carbocycles. The van der Waals surface area contributed by atoms with Crippen molar-refractivity contribution in [3.8, 4) is 0 Å². The van der Waals surface area contributed by atoms with Crippen molar-refractivity contribution in [3.63, 3.8) is 0 Å². The molecule has 13 heavy (non-hydrogen) atoms. The van der Waals surface area contributed by atoms with Crippen LogP contribution < -0.4 is 10.5 Å². The van der Waals surface area contributed by atoms with Gasteiger partial charge in [0, 0.05) is 6.54 Å². The molecule has 0 saturated heterocycles. The lowest BCUT2D eigenvalue weighted by Crippen LogP contribution is -2.31. The summed E-state index contributed by atoms with van der Waals surface area (Å²) in [6.45, 7) is 4.81. The summed E-state index contributed by atoms with van der Waals surface area (Å²) in [5, 5.41) is 0. The third-order valence-corrected chi connectivity index (χ3v) is 3.49. The van der Waals surface area contributed by atoms with E-state index in [0.29, 0.717) is 19.0 Å². The van der Waals surface area contributed by atoms with Crippen LogP contribution in [0.4, 0.5) is 0 Å². The summed E-state index contributed by atoms with van der Waals surface area (Å²) in [5.41, 5.74) is 5.40. The molecule has 0 fully saturated rings. The normalized spacial score (nSPS) is 14.4. The van der Waals surface area contributed by atoms with Gasteiger partial charge < -0.3 is 5.73 Å². The maximum Gasteiger partial charge on any atom is 0.211 e. The van der Waals surface area contributed by atoms with Crippen LogP contribution in [0.25, 0.3) is 0 Å². The van der Waals surface area contributed by atoms with Gasteiger partial charge in [-0.1, -0.05) is 13.3 Å². The van der Waals surface area contributed by atoms with Gasteiger partial charge in [-0.05, 0) is 25.8 Å². The van der Waals surface area contributed by atoms with Crippen LogP contribution in [0.15, 0.2) is 0 Å². The third kappa shape index (κ3) is 6.01. The molecule has 0 aliphatic heterocycles. The highest BCUT2D eigenvalue weighted by Gasteiger charge is 2.10. The van der Waals surface area contributed by atoms with E-state index in [-0.39, 0.29) is 5.75 Å². The van der Waals surface area contributed by atoms with E-state index in [0.717, 1.165) is 12.8 Å². The zero-order valence-corrected chi connectivity index (χ0v) is 9.23. The molecular weight excluding hydrogens is 188 g/mol. The van der Waals surface area contributed by atoms with E-state index in [2.05, 4.69) is 4.72 Å². The smallest absolute Gasteiger partial charge is 0.211 e. The molecule has 0 saturated carbocycles. The Labute approximate surface area is 80.9 Å². The second kappa shape index (κ2) is 6.34. The van der Waals surface area contributed by atoms with Gasteiger partial charge >= 0.3 is 0 Å². The Bertz CT molecular complexity index is 214. The molecule has 3 N–H and O–H groups in total. The van der Waals surface area contributed by atoms with E-state index in [4.69, 9.17) is 5.73 Å². The van der Waals surface area contributed by atoms with Crippen LogP contribution >= 0.6 is 0 Å². The second-order valence-electron chi connectivity index (χ2n) is 3.10. The zero-order chi connectivity index (χ0) is 10.3. The monoisotopic (exact) mass is 208 g/mol. The first-order chi connectivity index (χ1) is 6.05. The molecule has 0 aromatic rings. The standard InChI is InChI=1S/C8H20N2O2S/c1-3-8(5-6-9)7-10-13(11,12)4-2/h8,10H,3-7,9H2,1-2H3. The van der Waals surface area contributed by atoms with Crippen molar-refractivity contribution in [2.24, 2.45) is 11.7 Å². The van der Waals surface area contributed by atoms with Gasteiger partial charge in [-0.25, -0.2) is 13.1 Å². The SMILES string of the molecule is CCC(CCN)CNS(=O)(=O)CC. The van der Waals surface area contributed by atoms with Crippen LogP contribution in [0.1, 0.15) is 26.7 Å². The van der Waals surface area contributed by atoms with E-state index in [9.17, 15) is 8.42 Å². The van der Waals surface area contributed by atoms with Crippen LogP contribution in [0.3, 0.4) is 0 Å². The van der Waals surface area contributed by atoms with Crippen molar-refractivity contribution in [1.82, 2.24) is 4.72 Å². The van der Waals surface area contributed by atoms with Gasteiger partial charge in [-0.2, -0.15) is 0 Å². The minimum Gasteiger partial charge on any atom is -0.330 e. The van der Waals surface area contributed by atoms with Gasteiger partial charge in [0.2, 0.25) is 10.0 Å². The molecule has 4 nitrogen and oxygen atoms in total. The lowest BCUT2D eigenvalue weighted by Gasteiger charge is -2.13. The van der Waals surface area contributed by atoms with E-state index in [1.807, 2.05) is 6.92 Å². The number of hydrogen-bond donors (Lipinski definition) is 2. The molecule has 0 bridgehead atoms. The molecule has 1 atom stereocenters. The molecule has 0 rings (SSSR count). The van der Waals surface area contributed by atoms with E-state index in [1.54, 1.807) is 6.92 Å². The maximum atomic E-state index is 11.1. The summed E-state index contributed by atoms with van der Waals surface area (Å²) in [6.07, 6.45) is 1.84. The van der Waals surface area contributed by atoms with Crippen molar-refractivity contribution in [3.05, 3.63) is 0 Å². The van der Waals surface area contributed by atoms with Crippen LogP contribution in [0.5, 0.6) is 0 Å². The van der Waals surface area contributed by atoms with Crippen molar-refractivity contribution < 1.29 is 8.42 Å². The first-order valence-electron chi connectivity index (χ1n) is 4.73. The third-order valence-electron chi connectivity index (χ3n) is 2.12. The maximum absolute atomic E-state index is 11.1. The summed E-state index contributed by atoms with van der Waals surface area (Å²) in [5.74, 6) is 0.512. The summed E-state index contributed by atoms with van der Waals surface area (Å²) in [7, 11) is -3.03. The molecule has 0 spiro atoms. The summed E-state index contributed by atoms with van der Waals surface area (Å²) < 4.78 is 24.7. The summed E-state index contributed by atoms with van der Waals surface area (Å²) >= 11 is 0. The molecule has 0 heterocycles. The summed E-state index contributed by atoms with van der Waals surface area (Å²) in [6, 6.07) is 0. The molecule has 0 aromatic heterocycles. The number of nitrogens with one attached hydrogen (secondary N) is 1. The van der Waals surface area contributed by atoms with Crippen LogP contribution in [0.2, 0.25) is 0 Å². The Balaban J connectivity index is 3.84. The number of nitrogens with two attached hydrogens (primary N) is 1.